The lowest BCUT2D eigenvalue weighted by molar-refractivity contribution is -0.154. The number of thioether (sulfide) groups is 1. The van der Waals surface area contributed by atoms with Crippen LogP contribution in [0.5, 0.6) is 0 Å². The minimum absolute atomic E-state index is 0.0746. The standard InChI is InChI=1S/C22H27F3N2O4S/c1-11(2)10-21(19(30)31)15-14(17(28)27(18(15)29)20(3,4)5)16(26-21)12-7-6-8-13(9-12)32-22(23,24)25/h6-9,11,14-16,26H,10H2,1-5H3,(H,30,31). The molecule has 2 amide bonds. The molecule has 2 fully saturated rings. The van der Waals surface area contributed by atoms with Crippen LogP contribution >= 0.6 is 11.8 Å². The molecule has 2 aliphatic rings. The third-order valence-corrected chi connectivity index (χ3v) is 6.61. The number of nitrogens with one attached hydrogen (secondary N) is 1. The molecule has 0 aromatic heterocycles. The van der Waals surface area contributed by atoms with Crippen molar-refractivity contribution in [2.24, 2.45) is 17.8 Å². The van der Waals surface area contributed by atoms with Crippen LogP contribution in [-0.2, 0) is 14.4 Å². The van der Waals surface area contributed by atoms with Gasteiger partial charge >= 0.3 is 11.5 Å². The van der Waals surface area contributed by atoms with Gasteiger partial charge in [0.25, 0.3) is 0 Å². The van der Waals surface area contributed by atoms with Gasteiger partial charge in [-0.3, -0.25) is 24.6 Å². The van der Waals surface area contributed by atoms with Crippen molar-refractivity contribution in [1.82, 2.24) is 10.2 Å². The molecule has 2 heterocycles. The minimum atomic E-state index is -4.49. The van der Waals surface area contributed by atoms with Crippen LogP contribution in [0.1, 0.15) is 52.6 Å². The normalized spacial score (nSPS) is 28.5. The molecule has 4 unspecified atom stereocenters. The van der Waals surface area contributed by atoms with Crippen LogP contribution in [-0.4, -0.2) is 44.4 Å². The van der Waals surface area contributed by atoms with Crippen molar-refractivity contribution < 1.29 is 32.7 Å². The Balaban J connectivity index is 2.15. The maximum atomic E-state index is 13.4. The van der Waals surface area contributed by atoms with Gasteiger partial charge in [0.05, 0.1) is 11.8 Å². The second-order valence-electron chi connectivity index (χ2n) is 9.80. The average molecular weight is 473 g/mol. The largest absolute Gasteiger partial charge is 0.480 e. The SMILES string of the molecule is CC(C)CC1(C(=O)O)NC(c2cccc(SC(F)(F)F)c2)C2C(=O)N(C(C)(C)C)C(=O)C21. The van der Waals surface area contributed by atoms with Gasteiger partial charge in [-0.1, -0.05) is 26.0 Å². The predicted molar refractivity (Wildman–Crippen MR) is 113 cm³/mol. The van der Waals surface area contributed by atoms with Crippen LogP contribution in [0.4, 0.5) is 13.2 Å². The molecule has 32 heavy (non-hydrogen) atoms. The van der Waals surface area contributed by atoms with E-state index < -0.39 is 52.2 Å². The van der Waals surface area contributed by atoms with Crippen molar-refractivity contribution in [2.75, 3.05) is 0 Å². The number of carbonyl (C=O) groups is 3. The topological polar surface area (TPSA) is 86.7 Å². The van der Waals surface area contributed by atoms with Crippen molar-refractivity contribution in [3.63, 3.8) is 0 Å². The zero-order chi connectivity index (χ0) is 24.2. The fourth-order valence-electron chi connectivity index (χ4n) is 4.97. The van der Waals surface area contributed by atoms with Crippen molar-refractivity contribution in [1.29, 1.82) is 0 Å². The third kappa shape index (κ3) is 4.26. The number of nitrogens with zero attached hydrogens (tertiary/aromatic N) is 1. The number of fused-ring (bicyclic) bond motifs is 1. The summed E-state index contributed by atoms with van der Waals surface area (Å²) in [5.74, 6) is -4.61. The molecule has 0 bridgehead atoms. The van der Waals surface area contributed by atoms with E-state index in [1.54, 1.807) is 26.8 Å². The first-order valence-corrected chi connectivity index (χ1v) is 11.1. The monoisotopic (exact) mass is 472 g/mol. The summed E-state index contributed by atoms with van der Waals surface area (Å²) in [5, 5.41) is 13.2. The second-order valence-corrected chi connectivity index (χ2v) is 10.9. The number of benzene rings is 1. The van der Waals surface area contributed by atoms with Crippen LogP contribution in [0, 0.1) is 17.8 Å². The number of rotatable bonds is 5. The van der Waals surface area contributed by atoms with Crippen LogP contribution in [0.3, 0.4) is 0 Å². The number of hydrogen-bond donors (Lipinski definition) is 2. The summed E-state index contributed by atoms with van der Waals surface area (Å²) in [6.45, 7) is 8.71. The first-order chi connectivity index (χ1) is 14.6. The molecule has 0 aliphatic carbocycles. The quantitative estimate of drug-likeness (QED) is 0.493. The molecular weight excluding hydrogens is 445 g/mol. The first-order valence-electron chi connectivity index (χ1n) is 10.3. The molecule has 2 N–H and O–H groups in total. The summed E-state index contributed by atoms with van der Waals surface area (Å²) in [6, 6.07) is 4.69. The lowest BCUT2D eigenvalue weighted by Gasteiger charge is -2.36. The Labute approximate surface area is 188 Å². The number of aliphatic carboxylic acids is 1. The van der Waals surface area contributed by atoms with Crippen LogP contribution < -0.4 is 5.32 Å². The Kier molecular flexibility index (Phi) is 6.19. The molecule has 0 radical (unpaired) electrons. The van der Waals surface area contributed by atoms with Gasteiger partial charge in [-0.25, -0.2) is 0 Å². The number of hydrogen-bond acceptors (Lipinski definition) is 5. The van der Waals surface area contributed by atoms with Gasteiger partial charge in [-0.2, -0.15) is 13.2 Å². The number of imide groups is 1. The summed E-state index contributed by atoms with van der Waals surface area (Å²) < 4.78 is 38.7. The molecule has 0 saturated carbocycles. The lowest BCUT2D eigenvalue weighted by Crippen LogP contribution is -2.58. The van der Waals surface area contributed by atoms with Gasteiger partial charge in [0.15, 0.2) is 0 Å². The third-order valence-electron chi connectivity index (χ3n) is 5.89. The number of likely N-dealkylation sites (tertiary alicyclic amines) is 1. The average Bonchev–Trinajstić information content (AvgIpc) is 3.08. The molecule has 0 spiro atoms. The molecule has 2 saturated heterocycles. The number of alkyl halides is 3. The molecule has 176 valence electrons. The highest BCUT2D eigenvalue weighted by Gasteiger charge is 2.69. The number of halogens is 3. The predicted octanol–water partition coefficient (Wildman–Crippen LogP) is 4.21. The fourth-order valence-corrected chi connectivity index (χ4v) is 5.58. The summed E-state index contributed by atoms with van der Waals surface area (Å²) in [7, 11) is 0. The van der Waals surface area contributed by atoms with Gasteiger partial charge < -0.3 is 5.11 Å². The number of carbonyl (C=O) groups excluding carboxylic acids is 2. The molecule has 6 nitrogen and oxygen atoms in total. The van der Waals surface area contributed by atoms with Gasteiger partial charge in [0.1, 0.15) is 5.54 Å². The number of amides is 2. The van der Waals surface area contributed by atoms with E-state index in [0.717, 1.165) is 4.90 Å². The van der Waals surface area contributed by atoms with E-state index in [1.165, 1.54) is 18.2 Å². The molecular formula is C22H27F3N2O4S. The van der Waals surface area contributed by atoms with Crippen molar-refractivity contribution in [2.45, 2.75) is 68.6 Å². The zero-order valence-corrected chi connectivity index (χ0v) is 19.3. The number of carboxylic acids is 1. The summed E-state index contributed by atoms with van der Waals surface area (Å²) in [6.07, 6.45) is 0.0913. The maximum absolute atomic E-state index is 13.4. The van der Waals surface area contributed by atoms with E-state index >= 15 is 0 Å². The highest BCUT2D eigenvalue weighted by atomic mass is 32.2. The molecule has 4 atom stereocenters. The molecule has 10 heteroatoms. The van der Waals surface area contributed by atoms with E-state index in [2.05, 4.69) is 5.32 Å². The Bertz CT molecular complexity index is 944. The maximum Gasteiger partial charge on any atom is 0.446 e. The van der Waals surface area contributed by atoms with Gasteiger partial charge in [0, 0.05) is 16.5 Å². The summed E-state index contributed by atoms with van der Waals surface area (Å²) >= 11 is -0.284. The molecule has 2 aliphatic heterocycles. The van der Waals surface area contributed by atoms with Gasteiger partial charge in [-0.05, 0) is 62.6 Å². The van der Waals surface area contributed by atoms with Crippen molar-refractivity contribution >= 4 is 29.5 Å². The van der Waals surface area contributed by atoms with E-state index in [1.807, 2.05) is 13.8 Å². The fraction of sp³-hybridized carbons (Fsp3) is 0.591. The van der Waals surface area contributed by atoms with E-state index in [0.29, 0.717) is 5.56 Å². The van der Waals surface area contributed by atoms with Gasteiger partial charge in [0.2, 0.25) is 11.8 Å². The smallest absolute Gasteiger partial charge is 0.446 e. The Morgan fingerprint density at radius 2 is 1.84 bits per heavy atom. The molecule has 1 aromatic rings. The molecule has 3 rings (SSSR count). The van der Waals surface area contributed by atoms with E-state index in [-0.39, 0.29) is 29.0 Å². The van der Waals surface area contributed by atoms with E-state index in [9.17, 15) is 32.7 Å². The molecule has 1 aromatic carbocycles. The zero-order valence-electron chi connectivity index (χ0n) is 18.5. The summed E-state index contributed by atoms with van der Waals surface area (Å²) in [5.41, 5.74) is -6.71. The van der Waals surface area contributed by atoms with Gasteiger partial charge in [-0.15, -0.1) is 0 Å². The highest BCUT2D eigenvalue weighted by Crippen LogP contribution is 2.52. The van der Waals surface area contributed by atoms with Crippen molar-refractivity contribution in [3.8, 4) is 0 Å². The minimum Gasteiger partial charge on any atom is -0.480 e. The first kappa shape index (κ1) is 24.6. The highest BCUT2D eigenvalue weighted by molar-refractivity contribution is 8.00. The summed E-state index contributed by atoms with van der Waals surface area (Å²) in [4.78, 5) is 40.4. The lowest BCUT2D eigenvalue weighted by atomic mass is 9.75. The Morgan fingerprint density at radius 1 is 1.22 bits per heavy atom. The van der Waals surface area contributed by atoms with E-state index in [4.69, 9.17) is 0 Å². The van der Waals surface area contributed by atoms with Crippen LogP contribution in [0.2, 0.25) is 0 Å². The second kappa shape index (κ2) is 8.06. The van der Waals surface area contributed by atoms with Crippen LogP contribution in [0.15, 0.2) is 29.2 Å². The van der Waals surface area contributed by atoms with Crippen LogP contribution in [0.25, 0.3) is 0 Å². The Hall–Kier alpha value is -2.07. The van der Waals surface area contributed by atoms with Crippen molar-refractivity contribution in [3.05, 3.63) is 29.8 Å². The number of carboxylic acid groups (broad SMARTS) is 1. The Morgan fingerprint density at radius 3 is 2.34 bits per heavy atom.